The molecular weight excluding hydrogens is 186 g/mol. The molecule has 0 fully saturated rings. The first-order valence-corrected chi connectivity index (χ1v) is 4.20. The van der Waals surface area contributed by atoms with Gasteiger partial charge in [-0.1, -0.05) is 6.07 Å². The Bertz CT molecular complexity index is 338. The molecule has 0 aliphatic rings. The lowest BCUT2D eigenvalue weighted by Gasteiger charge is -2.07. The number of ether oxygens (including phenoxy) is 1. The molecule has 5 heteroatoms. The highest BCUT2D eigenvalue weighted by atomic mass is 16.6. The van der Waals surface area contributed by atoms with E-state index in [1.54, 1.807) is 19.1 Å². The summed E-state index contributed by atoms with van der Waals surface area (Å²) in [5.41, 5.74) is 0.265. The van der Waals surface area contributed by atoms with E-state index in [0.717, 1.165) is 0 Å². The lowest BCUT2D eigenvalue weighted by molar-refractivity contribution is -0.496. The Morgan fingerprint density at radius 1 is 1.57 bits per heavy atom. The molecule has 0 aliphatic heterocycles. The van der Waals surface area contributed by atoms with Crippen LogP contribution in [0.3, 0.4) is 0 Å². The van der Waals surface area contributed by atoms with Gasteiger partial charge in [-0.2, -0.15) is 0 Å². The number of nitrogens with zero attached hydrogens (tertiary/aromatic N) is 1. The van der Waals surface area contributed by atoms with Crippen molar-refractivity contribution in [2.75, 3.05) is 6.61 Å². The fourth-order valence-corrected chi connectivity index (χ4v) is 1.11. The summed E-state index contributed by atoms with van der Waals surface area (Å²) >= 11 is 0. The number of para-hydroxylation sites is 1. The fourth-order valence-electron chi connectivity index (χ4n) is 1.11. The van der Waals surface area contributed by atoms with Crippen molar-refractivity contribution in [1.82, 2.24) is 0 Å². The molecule has 0 saturated heterocycles. The van der Waals surface area contributed by atoms with E-state index >= 15 is 0 Å². The van der Waals surface area contributed by atoms with E-state index in [4.69, 9.17) is 4.74 Å². The van der Waals surface area contributed by atoms with Gasteiger partial charge in [0, 0.05) is 4.92 Å². The summed E-state index contributed by atoms with van der Waals surface area (Å²) in [4.78, 5) is 9.75. The predicted molar refractivity (Wildman–Crippen MR) is 50.0 cm³/mol. The van der Waals surface area contributed by atoms with Crippen LogP contribution in [0.4, 0.5) is 0 Å². The number of rotatable bonds is 4. The lowest BCUT2D eigenvalue weighted by Crippen LogP contribution is -2.00. The van der Waals surface area contributed by atoms with Crippen LogP contribution >= 0.6 is 0 Å². The van der Waals surface area contributed by atoms with Crippen LogP contribution in [-0.2, 0) is 6.54 Å². The molecular formula is C9H11NO4. The normalized spacial score (nSPS) is 9.79. The Labute approximate surface area is 81.1 Å². The van der Waals surface area contributed by atoms with Crippen LogP contribution in [-0.4, -0.2) is 16.6 Å². The maximum Gasteiger partial charge on any atom is 0.232 e. The van der Waals surface area contributed by atoms with Crippen molar-refractivity contribution in [1.29, 1.82) is 0 Å². The van der Waals surface area contributed by atoms with Gasteiger partial charge in [0.1, 0.15) is 0 Å². The minimum Gasteiger partial charge on any atom is -0.504 e. The second-order valence-electron chi connectivity index (χ2n) is 2.69. The zero-order chi connectivity index (χ0) is 10.6. The van der Waals surface area contributed by atoms with Crippen LogP contribution in [0.15, 0.2) is 18.2 Å². The lowest BCUT2D eigenvalue weighted by atomic mass is 10.2. The molecule has 0 saturated carbocycles. The number of hydrogen-bond donors (Lipinski definition) is 1. The van der Waals surface area contributed by atoms with E-state index in [2.05, 4.69) is 0 Å². The molecule has 1 N–H and O–H groups in total. The van der Waals surface area contributed by atoms with E-state index in [1.165, 1.54) is 6.07 Å². The molecule has 0 aliphatic carbocycles. The second kappa shape index (κ2) is 4.45. The van der Waals surface area contributed by atoms with E-state index in [-0.39, 0.29) is 17.1 Å². The first-order valence-electron chi connectivity index (χ1n) is 4.20. The van der Waals surface area contributed by atoms with E-state index in [1.807, 2.05) is 0 Å². The summed E-state index contributed by atoms with van der Waals surface area (Å²) < 4.78 is 5.09. The molecule has 14 heavy (non-hydrogen) atoms. The molecule has 0 atom stereocenters. The van der Waals surface area contributed by atoms with Crippen LogP contribution in [0.2, 0.25) is 0 Å². The molecule has 0 amide bonds. The van der Waals surface area contributed by atoms with Crippen LogP contribution in [0.1, 0.15) is 12.5 Å². The second-order valence-corrected chi connectivity index (χ2v) is 2.69. The van der Waals surface area contributed by atoms with Gasteiger partial charge in [-0.3, -0.25) is 10.1 Å². The van der Waals surface area contributed by atoms with Gasteiger partial charge in [0.05, 0.1) is 12.2 Å². The van der Waals surface area contributed by atoms with Gasteiger partial charge >= 0.3 is 0 Å². The third-order valence-corrected chi connectivity index (χ3v) is 1.68. The molecule has 1 aromatic rings. The monoisotopic (exact) mass is 197 g/mol. The Kier molecular flexibility index (Phi) is 3.28. The topological polar surface area (TPSA) is 72.6 Å². The molecule has 76 valence electrons. The zero-order valence-electron chi connectivity index (χ0n) is 7.77. The number of aromatic hydroxyl groups is 1. The summed E-state index contributed by atoms with van der Waals surface area (Å²) in [6.07, 6.45) is 0. The van der Waals surface area contributed by atoms with Crippen LogP contribution in [0.25, 0.3) is 0 Å². The Morgan fingerprint density at radius 2 is 2.29 bits per heavy atom. The highest BCUT2D eigenvalue weighted by Gasteiger charge is 2.11. The third-order valence-electron chi connectivity index (χ3n) is 1.68. The van der Waals surface area contributed by atoms with Crippen molar-refractivity contribution in [3.63, 3.8) is 0 Å². The molecule has 0 bridgehead atoms. The number of phenolic OH excluding ortho intramolecular Hbond substituents is 1. The maximum atomic E-state index is 10.2. The fraction of sp³-hybridized carbons (Fsp3) is 0.333. The largest absolute Gasteiger partial charge is 0.504 e. The molecule has 0 heterocycles. The summed E-state index contributed by atoms with van der Waals surface area (Å²) in [5.74, 6) is 0.137. The first kappa shape index (κ1) is 10.3. The van der Waals surface area contributed by atoms with Crippen molar-refractivity contribution < 1.29 is 14.8 Å². The summed E-state index contributed by atoms with van der Waals surface area (Å²) in [6.45, 7) is 1.79. The van der Waals surface area contributed by atoms with E-state index < -0.39 is 11.5 Å². The highest BCUT2D eigenvalue weighted by Crippen LogP contribution is 2.29. The molecule has 1 rings (SSSR count). The van der Waals surface area contributed by atoms with Gasteiger partial charge in [0.25, 0.3) is 0 Å². The van der Waals surface area contributed by atoms with Crippen LogP contribution in [0.5, 0.6) is 11.5 Å². The number of nitro groups is 1. The highest BCUT2D eigenvalue weighted by molar-refractivity contribution is 5.44. The zero-order valence-corrected chi connectivity index (χ0v) is 7.77. The third kappa shape index (κ3) is 2.35. The summed E-state index contributed by atoms with van der Waals surface area (Å²) in [6, 6.07) is 4.69. The van der Waals surface area contributed by atoms with Gasteiger partial charge < -0.3 is 9.84 Å². The first-order chi connectivity index (χ1) is 6.65. The van der Waals surface area contributed by atoms with Crippen molar-refractivity contribution >= 4 is 0 Å². The van der Waals surface area contributed by atoms with Gasteiger partial charge in [0.15, 0.2) is 11.5 Å². The van der Waals surface area contributed by atoms with Crippen LogP contribution < -0.4 is 4.74 Å². The number of benzene rings is 1. The average Bonchev–Trinajstić information content (AvgIpc) is 2.11. The Morgan fingerprint density at radius 3 is 2.86 bits per heavy atom. The Hall–Kier alpha value is -1.78. The molecule has 5 nitrogen and oxygen atoms in total. The molecule has 0 aromatic heterocycles. The molecule has 0 spiro atoms. The minimum atomic E-state index is -0.495. The van der Waals surface area contributed by atoms with Gasteiger partial charge in [-0.05, 0) is 19.1 Å². The van der Waals surface area contributed by atoms with Gasteiger partial charge in [0.2, 0.25) is 6.54 Å². The van der Waals surface area contributed by atoms with Crippen molar-refractivity contribution in [3.8, 4) is 11.5 Å². The van der Waals surface area contributed by atoms with Crippen molar-refractivity contribution in [2.24, 2.45) is 0 Å². The standard InChI is InChI=1S/C9H11NO4/c1-2-14-8-5-3-4-7(9(8)11)6-10(12)13/h3-5,11H,2,6H2,1H3. The van der Waals surface area contributed by atoms with E-state index in [0.29, 0.717) is 6.61 Å². The smallest absolute Gasteiger partial charge is 0.232 e. The molecule has 0 unspecified atom stereocenters. The summed E-state index contributed by atoms with van der Waals surface area (Å²) in [7, 11) is 0. The quantitative estimate of drug-likeness (QED) is 0.587. The number of hydrogen-bond acceptors (Lipinski definition) is 4. The maximum absolute atomic E-state index is 10.2. The molecule has 1 aromatic carbocycles. The van der Waals surface area contributed by atoms with Crippen molar-refractivity contribution in [2.45, 2.75) is 13.5 Å². The Balaban J connectivity index is 2.94. The van der Waals surface area contributed by atoms with Gasteiger partial charge in [-0.15, -0.1) is 0 Å². The van der Waals surface area contributed by atoms with E-state index in [9.17, 15) is 15.2 Å². The predicted octanol–water partition coefficient (Wildman–Crippen LogP) is 1.57. The average molecular weight is 197 g/mol. The number of phenols is 1. The minimum absolute atomic E-state index is 0.147. The SMILES string of the molecule is CCOc1cccc(C[N+](=O)[O-])c1O. The van der Waals surface area contributed by atoms with Crippen LogP contribution in [0, 0.1) is 10.1 Å². The summed E-state index contributed by atoms with van der Waals surface area (Å²) in [5, 5.41) is 19.8. The molecule has 0 radical (unpaired) electrons. The van der Waals surface area contributed by atoms with Gasteiger partial charge in [-0.25, -0.2) is 0 Å². The van der Waals surface area contributed by atoms with Crippen molar-refractivity contribution in [3.05, 3.63) is 33.9 Å².